The molecule has 0 saturated carbocycles. The van der Waals surface area contributed by atoms with E-state index in [1.165, 1.54) is 3.57 Å². The van der Waals surface area contributed by atoms with Gasteiger partial charge in [-0.1, -0.05) is 24.3 Å². The summed E-state index contributed by atoms with van der Waals surface area (Å²) in [5, 5.41) is 10.2. The second-order valence-corrected chi connectivity index (χ2v) is 4.34. The minimum atomic E-state index is -1.17. The predicted octanol–water partition coefficient (Wildman–Crippen LogP) is 2.00. The third kappa shape index (κ3) is 4.78. The lowest BCUT2D eigenvalue weighted by Gasteiger charge is -1.96. The average molecular weight is 313 g/mol. The van der Waals surface area contributed by atoms with Crippen LogP contribution in [-0.2, 0) is 4.79 Å². The van der Waals surface area contributed by atoms with Crippen LogP contribution in [-0.4, -0.2) is 5.97 Å². The molecule has 0 bridgehead atoms. The molecule has 0 aromatic heterocycles. The van der Waals surface area contributed by atoms with E-state index in [4.69, 9.17) is 0 Å². The maximum atomic E-state index is 10.2. The van der Waals surface area contributed by atoms with Gasteiger partial charge in [-0.25, -0.2) is 0 Å². The van der Waals surface area contributed by atoms with Crippen molar-refractivity contribution in [2.75, 3.05) is 0 Å². The van der Waals surface area contributed by atoms with Gasteiger partial charge in [-0.15, -0.1) is 0 Å². The molecule has 0 radical (unpaired) electrons. The van der Waals surface area contributed by atoms with Crippen LogP contribution in [0.3, 0.4) is 0 Å². The van der Waals surface area contributed by atoms with Gasteiger partial charge in [0.15, 0.2) is 0 Å². The monoisotopic (exact) mass is 313 g/mol. The zero-order valence-electron chi connectivity index (χ0n) is 8.24. The van der Waals surface area contributed by atoms with Crippen LogP contribution in [0.4, 0.5) is 0 Å². The first-order valence-corrected chi connectivity index (χ1v) is 5.49. The first-order valence-electron chi connectivity index (χ1n) is 4.41. The van der Waals surface area contributed by atoms with Gasteiger partial charge in [-0.3, -0.25) is 0 Å². The zero-order chi connectivity index (χ0) is 11.3. The van der Waals surface area contributed by atoms with Gasteiger partial charge in [-0.05, 0) is 58.9 Å². The summed E-state index contributed by atoms with van der Waals surface area (Å²) in [6.45, 7) is 1.72. The van der Waals surface area contributed by atoms with Crippen molar-refractivity contribution in [3.63, 3.8) is 0 Å². The third-order valence-corrected chi connectivity index (χ3v) is 2.47. The highest BCUT2D eigenvalue weighted by Crippen LogP contribution is 2.09. The van der Waals surface area contributed by atoms with Gasteiger partial charge in [0.1, 0.15) is 0 Å². The summed E-state index contributed by atoms with van der Waals surface area (Å²) in [6.07, 6.45) is 4.69. The molecule has 1 aromatic carbocycles. The van der Waals surface area contributed by atoms with E-state index in [0.717, 1.165) is 11.6 Å². The van der Waals surface area contributed by atoms with Gasteiger partial charge < -0.3 is 9.90 Å². The van der Waals surface area contributed by atoms with Crippen molar-refractivity contribution in [3.05, 3.63) is 51.1 Å². The van der Waals surface area contributed by atoms with Gasteiger partial charge >= 0.3 is 0 Å². The molecule has 2 nitrogen and oxygen atoms in total. The number of benzene rings is 1. The van der Waals surface area contributed by atoms with E-state index in [2.05, 4.69) is 22.6 Å². The summed E-state index contributed by atoms with van der Waals surface area (Å²) in [5.74, 6) is -1.17. The van der Waals surface area contributed by atoms with Crippen molar-refractivity contribution in [2.45, 2.75) is 6.92 Å². The first kappa shape index (κ1) is 12.0. The Labute approximate surface area is 102 Å². The molecule has 0 atom stereocenters. The Morgan fingerprint density at radius 1 is 1.33 bits per heavy atom. The molecule has 0 saturated heterocycles. The van der Waals surface area contributed by atoms with Gasteiger partial charge in [0.2, 0.25) is 0 Å². The Balaban J connectivity index is 2.73. The molecular weight excluding hydrogens is 303 g/mol. The quantitative estimate of drug-likeness (QED) is 0.486. The van der Waals surface area contributed by atoms with Crippen LogP contribution in [0.5, 0.6) is 0 Å². The van der Waals surface area contributed by atoms with E-state index in [-0.39, 0.29) is 0 Å². The van der Waals surface area contributed by atoms with Gasteiger partial charge in [0.05, 0.1) is 5.97 Å². The summed E-state index contributed by atoms with van der Waals surface area (Å²) in [5.41, 5.74) is 1.70. The van der Waals surface area contributed by atoms with E-state index in [1.807, 2.05) is 30.3 Å². The highest BCUT2D eigenvalue weighted by Gasteiger charge is 1.87. The van der Waals surface area contributed by atoms with Crippen LogP contribution in [0.15, 0.2) is 42.0 Å². The molecule has 1 rings (SSSR count). The second-order valence-electron chi connectivity index (χ2n) is 3.09. The highest BCUT2D eigenvalue weighted by molar-refractivity contribution is 14.1. The molecule has 0 amide bonds. The number of carbonyl (C=O) groups excluding carboxylic acids is 1. The summed E-state index contributed by atoms with van der Waals surface area (Å²) < 4.78 is 1.17. The van der Waals surface area contributed by atoms with Crippen molar-refractivity contribution < 1.29 is 9.90 Å². The molecule has 15 heavy (non-hydrogen) atoms. The number of aliphatic carboxylic acids is 1. The highest BCUT2D eigenvalue weighted by atomic mass is 127. The largest absolute Gasteiger partial charge is 0.545 e. The molecule has 1 aromatic rings. The Kier molecular flexibility index (Phi) is 4.55. The molecule has 78 valence electrons. The van der Waals surface area contributed by atoms with Crippen molar-refractivity contribution in [1.82, 2.24) is 0 Å². The zero-order valence-corrected chi connectivity index (χ0v) is 10.4. The Morgan fingerprint density at radius 3 is 2.47 bits per heavy atom. The number of carboxylic acid groups (broad SMARTS) is 1. The van der Waals surface area contributed by atoms with E-state index in [0.29, 0.717) is 5.57 Å². The van der Waals surface area contributed by atoms with Crippen molar-refractivity contribution in [1.29, 1.82) is 0 Å². The van der Waals surface area contributed by atoms with Gasteiger partial charge in [-0.2, -0.15) is 0 Å². The second kappa shape index (κ2) is 5.70. The van der Waals surface area contributed by atoms with Gasteiger partial charge in [0, 0.05) is 3.57 Å². The molecular formula is C12H10IO2-. The topological polar surface area (TPSA) is 40.1 Å². The van der Waals surface area contributed by atoms with E-state index in [9.17, 15) is 9.90 Å². The molecule has 0 unspecified atom stereocenters. The fourth-order valence-electron chi connectivity index (χ4n) is 1.04. The Hall–Kier alpha value is -1.10. The SMILES string of the molecule is CC(/C=C/c1ccc(I)cc1)=C\C(=O)[O-]. The molecule has 0 aliphatic carbocycles. The Morgan fingerprint density at radius 2 is 1.93 bits per heavy atom. The molecule has 0 aliphatic rings. The van der Waals surface area contributed by atoms with Gasteiger partial charge in [0.25, 0.3) is 0 Å². The lowest BCUT2D eigenvalue weighted by atomic mass is 10.1. The standard InChI is InChI=1S/C12H11IO2/c1-9(8-12(14)15)2-3-10-4-6-11(13)7-5-10/h2-8H,1H3,(H,14,15)/p-1/b3-2+,9-8+. The van der Waals surface area contributed by atoms with Crippen molar-refractivity contribution >= 4 is 34.6 Å². The number of hydrogen-bond donors (Lipinski definition) is 0. The molecule has 3 heteroatoms. The number of allylic oxidation sites excluding steroid dienone is 2. The summed E-state index contributed by atoms with van der Waals surface area (Å²) in [7, 11) is 0. The Bertz CT molecular complexity index is 402. The average Bonchev–Trinajstić information content (AvgIpc) is 2.16. The lowest BCUT2D eigenvalue weighted by molar-refractivity contribution is -0.297. The molecule has 0 aliphatic heterocycles. The summed E-state index contributed by atoms with van der Waals surface area (Å²) >= 11 is 2.23. The van der Waals surface area contributed by atoms with Crippen LogP contribution in [0.25, 0.3) is 6.08 Å². The number of halogens is 1. The summed E-state index contributed by atoms with van der Waals surface area (Å²) in [4.78, 5) is 10.2. The molecule has 0 spiro atoms. The number of rotatable bonds is 3. The minimum absolute atomic E-state index is 0.661. The van der Waals surface area contributed by atoms with E-state index in [1.54, 1.807) is 13.0 Å². The number of carboxylic acids is 1. The van der Waals surface area contributed by atoms with Crippen LogP contribution < -0.4 is 5.11 Å². The van der Waals surface area contributed by atoms with Crippen molar-refractivity contribution in [3.8, 4) is 0 Å². The minimum Gasteiger partial charge on any atom is -0.545 e. The fourth-order valence-corrected chi connectivity index (χ4v) is 1.40. The number of hydrogen-bond acceptors (Lipinski definition) is 2. The summed E-state index contributed by atoms with van der Waals surface area (Å²) in [6, 6.07) is 7.95. The third-order valence-electron chi connectivity index (χ3n) is 1.75. The van der Waals surface area contributed by atoms with Crippen LogP contribution in [0.2, 0.25) is 0 Å². The van der Waals surface area contributed by atoms with Crippen LogP contribution in [0.1, 0.15) is 12.5 Å². The maximum Gasteiger partial charge on any atom is 0.0645 e. The predicted molar refractivity (Wildman–Crippen MR) is 67.0 cm³/mol. The lowest BCUT2D eigenvalue weighted by Crippen LogP contribution is -2.19. The molecule has 0 heterocycles. The smallest absolute Gasteiger partial charge is 0.0645 e. The maximum absolute atomic E-state index is 10.2. The number of carbonyl (C=O) groups is 1. The molecule has 0 fully saturated rings. The van der Waals surface area contributed by atoms with E-state index < -0.39 is 5.97 Å². The van der Waals surface area contributed by atoms with Crippen LogP contribution >= 0.6 is 22.6 Å². The van der Waals surface area contributed by atoms with Crippen LogP contribution in [0, 0.1) is 3.57 Å². The molecule has 0 N–H and O–H groups in total. The first-order chi connectivity index (χ1) is 7.08. The fraction of sp³-hybridized carbons (Fsp3) is 0.0833. The van der Waals surface area contributed by atoms with E-state index >= 15 is 0 Å². The van der Waals surface area contributed by atoms with Crippen molar-refractivity contribution in [2.24, 2.45) is 0 Å². The normalized spacial score (nSPS) is 12.0.